The van der Waals surface area contributed by atoms with E-state index in [4.69, 9.17) is 0 Å². The van der Waals surface area contributed by atoms with E-state index in [-0.39, 0.29) is 5.12 Å². The fraction of sp³-hybridized carbons (Fsp3) is 0. The molecule has 0 saturated heterocycles. The summed E-state index contributed by atoms with van der Waals surface area (Å²) in [6, 6.07) is 9.22. The standard InChI is InChI=1S/C10H7NOS2/c12-9(8-4-2-1-3-5-8)14-10-11-6-7-13-10/h1-7H. The van der Waals surface area contributed by atoms with Gasteiger partial charge in [-0.05, 0) is 11.8 Å². The van der Waals surface area contributed by atoms with E-state index in [1.807, 2.05) is 35.7 Å². The second kappa shape index (κ2) is 4.39. The molecule has 0 atom stereocenters. The highest BCUT2D eigenvalue weighted by atomic mass is 32.2. The van der Waals surface area contributed by atoms with E-state index in [0.717, 1.165) is 4.34 Å². The lowest BCUT2D eigenvalue weighted by Crippen LogP contribution is -1.91. The van der Waals surface area contributed by atoms with Crippen molar-refractivity contribution in [1.29, 1.82) is 0 Å². The molecule has 2 aromatic rings. The normalized spacial score (nSPS) is 10.0. The average molecular weight is 221 g/mol. The van der Waals surface area contributed by atoms with E-state index in [9.17, 15) is 4.79 Å². The zero-order valence-corrected chi connectivity index (χ0v) is 8.85. The number of carbonyl (C=O) groups is 1. The van der Waals surface area contributed by atoms with Gasteiger partial charge in [0.25, 0.3) is 0 Å². The van der Waals surface area contributed by atoms with Gasteiger partial charge in [0.2, 0.25) is 5.12 Å². The number of rotatable bonds is 2. The van der Waals surface area contributed by atoms with Crippen molar-refractivity contribution in [2.45, 2.75) is 4.34 Å². The predicted molar refractivity (Wildman–Crippen MR) is 58.7 cm³/mol. The first-order valence-electron chi connectivity index (χ1n) is 4.03. The SMILES string of the molecule is O=C(Sc1nccs1)c1ccccc1. The van der Waals surface area contributed by atoms with Crippen molar-refractivity contribution in [2.24, 2.45) is 0 Å². The Labute approximate surface area is 90.0 Å². The molecule has 1 aromatic heterocycles. The quantitative estimate of drug-likeness (QED) is 0.730. The highest BCUT2D eigenvalue weighted by Gasteiger charge is 2.08. The van der Waals surface area contributed by atoms with E-state index in [2.05, 4.69) is 4.98 Å². The maximum atomic E-state index is 11.6. The van der Waals surface area contributed by atoms with Crippen molar-refractivity contribution >= 4 is 28.2 Å². The number of hydrogen-bond acceptors (Lipinski definition) is 4. The van der Waals surface area contributed by atoms with E-state index < -0.39 is 0 Å². The number of aromatic nitrogens is 1. The molecule has 2 rings (SSSR count). The van der Waals surface area contributed by atoms with Crippen LogP contribution in [-0.2, 0) is 0 Å². The van der Waals surface area contributed by atoms with Crippen LogP contribution in [0.4, 0.5) is 0 Å². The Morgan fingerprint density at radius 3 is 2.71 bits per heavy atom. The zero-order valence-electron chi connectivity index (χ0n) is 7.21. The molecule has 1 aromatic carbocycles. The van der Waals surface area contributed by atoms with Crippen LogP contribution in [0.25, 0.3) is 0 Å². The summed E-state index contributed by atoms with van der Waals surface area (Å²) >= 11 is 2.65. The van der Waals surface area contributed by atoms with Crippen LogP contribution in [0.2, 0.25) is 0 Å². The molecule has 0 saturated carbocycles. The van der Waals surface area contributed by atoms with Crippen LogP contribution < -0.4 is 0 Å². The first-order valence-corrected chi connectivity index (χ1v) is 5.72. The van der Waals surface area contributed by atoms with Crippen molar-refractivity contribution in [2.75, 3.05) is 0 Å². The maximum absolute atomic E-state index is 11.6. The first-order chi connectivity index (χ1) is 6.86. The Bertz CT molecular complexity index is 411. The second-order valence-corrected chi connectivity index (χ2v) is 4.67. The Kier molecular flexibility index (Phi) is 2.96. The summed E-state index contributed by atoms with van der Waals surface area (Å²) in [6.07, 6.45) is 1.70. The molecule has 2 nitrogen and oxygen atoms in total. The largest absolute Gasteiger partial charge is 0.281 e. The highest BCUT2D eigenvalue weighted by Crippen LogP contribution is 2.24. The van der Waals surface area contributed by atoms with Crippen LogP contribution in [0.5, 0.6) is 0 Å². The minimum absolute atomic E-state index is 0.0422. The van der Waals surface area contributed by atoms with Gasteiger partial charge in [0.1, 0.15) is 0 Å². The average Bonchev–Trinajstić information content (AvgIpc) is 2.72. The van der Waals surface area contributed by atoms with Gasteiger partial charge >= 0.3 is 0 Å². The van der Waals surface area contributed by atoms with Gasteiger partial charge in [-0.25, -0.2) is 4.98 Å². The van der Waals surface area contributed by atoms with Crippen molar-refractivity contribution in [1.82, 2.24) is 4.98 Å². The molecule has 14 heavy (non-hydrogen) atoms. The van der Waals surface area contributed by atoms with Gasteiger partial charge < -0.3 is 0 Å². The fourth-order valence-corrected chi connectivity index (χ4v) is 2.45. The van der Waals surface area contributed by atoms with E-state index in [1.165, 1.54) is 23.1 Å². The molecular formula is C10H7NOS2. The summed E-state index contributed by atoms with van der Waals surface area (Å²) in [6.45, 7) is 0. The molecule has 0 N–H and O–H groups in total. The minimum atomic E-state index is 0.0422. The summed E-state index contributed by atoms with van der Waals surface area (Å²) in [4.78, 5) is 15.7. The number of nitrogens with zero attached hydrogens (tertiary/aromatic N) is 1. The van der Waals surface area contributed by atoms with Gasteiger partial charge in [0.15, 0.2) is 4.34 Å². The summed E-state index contributed by atoms with van der Waals surface area (Å²) in [7, 11) is 0. The number of thioether (sulfide) groups is 1. The monoisotopic (exact) mass is 221 g/mol. The molecule has 4 heteroatoms. The Morgan fingerprint density at radius 2 is 2.07 bits per heavy atom. The molecule has 0 fully saturated rings. The Balaban J connectivity index is 2.11. The van der Waals surface area contributed by atoms with Crippen LogP contribution in [0.3, 0.4) is 0 Å². The zero-order chi connectivity index (χ0) is 9.80. The number of benzene rings is 1. The van der Waals surface area contributed by atoms with Gasteiger partial charge in [-0.1, -0.05) is 30.3 Å². The van der Waals surface area contributed by atoms with Crippen molar-refractivity contribution in [3.63, 3.8) is 0 Å². The lowest BCUT2D eigenvalue weighted by atomic mass is 10.2. The molecule has 0 radical (unpaired) electrons. The predicted octanol–water partition coefficient (Wildman–Crippen LogP) is 3.08. The fourth-order valence-electron chi connectivity index (χ4n) is 0.973. The number of hydrogen-bond donors (Lipinski definition) is 0. The molecule has 0 aliphatic heterocycles. The molecule has 70 valence electrons. The van der Waals surface area contributed by atoms with Crippen LogP contribution >= 0.6 is 23.1 Å². The molecule has 1 heterocycles. The molecule has 0 spiro atoms. The summed E-state index contributed by atoms with van der Waals surface area (Å²) in [5, 5.41) is 1.90. The number of thiazole rings is 1. The van der Waals surface area contributed by atoms with Crippen molar-refractivity contribution < 1.29 is 4.79 Å². The first kappa shape index (κ1) is 9.43. The molecule has 0 amide bonds. The second-order valence-electron chi connectivity index (χ2n) is 2.55. The van der Waals surface area contributed by atoms with Gasteiger partial charge in [-0.2, -0.15) is 0 Å². The van der Waals surface area contributed by atoms with E-state index >= 15 is 0 Å². The molecular weight excluding hydrogens is 214 g/mol. The third kappa shape index (κ3) is 2.21. The smallest absolute Gasteiger partial charge is 0.226 e. The van der Waals surface area contributed by atoms with Gasteiger partial charge in [-0.3, -0.25) is 4.79 Å². The van der Waals surface area contributed by atoms with Crippen LogP contribution in [0, 0.1) is 0 Å². The lowest BCUT2D eigenvalue weighted by Gasteiger charge is -1.96. The summed E-state index contributed by atoms with van der Waals surface area (Å²) in [5.74, 6) is 0. The maximum Gasteiger partial charge on any atom is 0.226 e. The van der Waals surface area contributed by atoms with Crippen LogP contribution in [0.1, 0.15) is 10.4 Å². The Morgan fingerprint density at radius 1 is 1.29 bits per heavy atom. The summed E-state index contributed by atoms with van der Waals surface area (Å²) < 4.78 is 0.791. The molecule has 0 unspecified atom stereocenters. The van der Waals surface area contributed by atoms with Gasteiger partial charge in [0.05, 0.1) is 0 Å². The molecule has 0 aliphatic rings. The van der Waals surface area contributed by atoms with Crippen LogP contribution in [-0.4, -0.2) is 10.1 Å². The number of carbonyl (C=O) groups excluding carboxylic acids is 1. The van der Waals surface area contributed by atoms with E-state index in [0.29, 0.717) is 5.56 Å². The van der Waals surface area contributed by atoms with Gasteiger partial charge in [-0.15, -0.1) is 11.3 Å². The van der Waals surface area contributed by atoms with Crippen molar-refractivity contribution in [3.8, 4) is 0 Å². The minimum Gasteiger partial charge on any atom is -0.281 e. The molecule has 0 aliphatic carbocycles. The highest BCUT2D eigenvalue weighted by molar-refractivity contribution is 8.15. The topological polar surface area (TPSA) is 30.0 Å². The van der Waals surface area contributed by atoms with E-state index in [1.54, 1.807) is 6.20 Å². The summed E-state index contributed by atoms with van der Waals surface area (Å²) in [5.41, 5.74) is 0.715. The Hall–Kier alpha value is -1.13. The molecule has 0 bridgehead atoms. The third-order valence-corrected chi connectivity index (χ3v) is 3.40. The van der Waals surface area contributed by atoms with Gasteiger partial charge in [0, 0.05) is 17.1 Å². The van der Waals surface area contributed by atoms with Crippen LogP contribution in [0.15, 0.2) is 46.2 Å². The van der Waals surface area contributed by atoms with Crippen molar-refractivity contribution in [3.05, 3.63) is 47.5 Å². The lowest BCUT2D eigenvalue weighted by molar-refractivity contribution is 0.108. The third-order valence-electron chi connectivity index (χ3n) is 1.60.